The van der Waals surface area contributed by atoms with Crippen LogP contribution in [0.2, 0.25) is 10.0 Å². The molecule has 0 aliphatic heterocycles. The zero-order valence-corrected chi connectivity index (χ0v) is 19.0. The monoisotopic (exact) mass is 482 g/mol. The number of rotatable bonds is 9. The highest BCUT2D eigenvalue weighted by molar-refractivity contribution is 6.36. The van der Waals surface area contributed by atoms with E-state index >= 15 is 0 Å². The maximum Gasteiger partial charge on any atom is 0.345 e. The molecular weight excluding hydrogens is 463 g/mol. The van der Waals surface area contributed by atoms with Crippen LogP contribution in [-0.4, -0.2) is 24.7 Å². The van der Waals surface area contributed by atoms with Crippen LogP contribution in [0, 0.1) is 0 Å². The number of nitrogens with zero attached hydrogens (tertiary/aromatic N) is 1. The third-order valence-corrected chi connectivity index (χ3v) is 4.89. The van der Waals surface area contributed by atoms with Gasteiger partial charge in [0.2, 0.25) is 0 Å². The van der Waals surface area contributed by atoms with Gasteiger partial charge < -0.3 is 9.47 Å². The molecular formula is C25H20Cl2N2O4. The zero-order valence-electron chi connectivity index (χ0n) is 17.5. The van der Waals surface area contributed by atoms with Gasteiger partial charge in [0.25, 0.3) is 5.91 Å². The molecule has 0 aliphatic carbocycles. The van der Waals surface area contributed by atoms with E-state index in [1.807, 2.05) is 18.2 Å². The minimum Gasteiger partial charge on any atom is -0.483 e. The normalized spacial score (nSPS) is 10.6. The van der Waals surface area contributed by atoms with Crippen molar-refractivity contribution in [2.24, 2.45) is 5.10 Å². The fraction of sp³-hybridized carbons (Fsp3) is 0.0800. The van der Waals surface area contributed by atoms with Crippen LogP contribution in [0.25, 0.3) is 0 Å². The van der Waals surface area contributed by atoms with Crippen molar-refractivity contribution in [1.29, 1.82) is 0 Å². The summed E-state index contributed by atoms with van der Waals surface area (Å²) in [6.07, 6.45) is 3.88. The van der Waals surface area contributed by atoms with Crippen molar-refractivity contribution < 1.29 is 19.1 Å². The first-order valence-electron chi connectivity index (χ1n) is 9.87. The number of ether oxygens (including phenoxy) is 2. The smallest absolute Gasteiger partial charge is 0.345 e. The number of hydrogen-bond donors (Lipinski definition) is 1. The second-order valence-corrected chi connectivity index (χ2v) is 7.61. The highest BCUT2D eigenvalue weighted by atomic mass is 35.5. The van der Waals surface area contributed by atoms with Crippen molar-refractivity contribution in [3.8, 4) is 11.5 Å². The van der Waals surface area contributed by atoms with Gasteiger partial charge in [-0.15, -0.1) is 6.58 Å². The maximum atomic E-state index is 12.3. The summed E-state index contributed by atoms with van der Waals surface area (Å²) < 4.78 is 10.9. The lowest BCUT2D eigenvalue weighted by molar-refractivity contribution is -0.123. The summed E-state index contributed by atoms with van der Waals surface area (Å²) >= 11 is 11.9. The summed E-state index contributed by atoms with van der Waals surface area (Å²) in [6.45, 7) is 3.54. The number of hydrogen-bond acceptors (Lipinski definition) is 5. The summed E-state index contributed by atoms with van der Waals surface area (Å²) in [5.74, 6) is -0.0367. The SMILES string of the molecule is C=CCc1ccccc1OCC(=O)N/N=C\c1ccc(OC(=O)c2ccc(Cl)cc2Cl)cc1. The van der Waals surface area contributed by atoms with Gasteiger partial charge in [-0.2, -0.15) is 5.10 Å². The minimum atomic E-state index is -0.597. The average molecular weight is 483 g/mol. The standard InChI is InChI=1S/C25H20Cl2N2O4/c1-2-5-18-6-3-4-7-23(18)32-16-24(30)29-28-15-17-8-11-20(12-9-17)33-25(31)21-13-10-19(26)14-22(21)27/h2-4,6-15H,1,5,16H2,(H,29,30)/b28-15-. The van der Waals surface area contributed by atoms with Crippen LogP contribution in [0.5, 0.6) is 11.5 Å². The first-order valence-corrected chi connectivity index (χ1v) is 10.6. The van der Waals surface area contributed by atoms with Gasteiger partial charge in [0.15, 0.2) is 6.61 Å². The number of halogens is 2. The molecule has 0 aromatic heterocycles. The molecule has 8 heteroatoms. The summed E-state index contributed by atoms with van der Waals surface area (Å²) in [7, 11) is 0. The molecule has 0 saturated heterocycles. The van der Waals surface area contributed by atoms with E-state index in [-0.39, 0.29) is 17.2 Å². The highest BCUT2D eigenvalue weighted by Gasteiger charge is 2.13. The van der Waals surface area contributed by atoms with E-state index in [1.165, 1.54) is 18.3 Å². The Labute approximate surface area is 201 Å². The minimum absolute atomic E-state index is 0.173. The Balaban J connectivity index is 1.49. The number of amides is 1. The molecule has 3 aromatic rings. The topological polar surface area (TPSA) is 77.0 Å². The molecule has 0 spiro atoms. The number of esters is 1. The molecule has 0 fully saturated rings. The van der Waals surface area contributed by atoms with Gasteiger partial charge in [-0.3, -0.25) is 4.79 Å². The van der Waals surface area contributed by atoms with Crippen LogP contribution >= 0.6 is 23.2 Å². The maximum absolute atomic E-state index is 12.3. The number of benzene rings is 3. The van der Waals surface area contributed by atoms with E-state index in [2.05, 4.69) is 17.1 Å². The predicted octanol–water partition coefficient (Wildman–Crippen LogP) is 5.47. The number of nitrogens with one attached hydrogen (secondary N) is 1. The van der Waals surface area contributed by atoms with Gasteiger partial charge in [-0.05, 0) is 66.1 Å². The van der Waals surface area contributed by atoms with Crippen molar-refractivity contribution in [3.63, 3.8) is 0 Å². The fourth-order valence-electron chi connectivity index (χ4n) is 2.76. The quantitative estimate of drug-likeness (QED) is 0.144. The fourth-order valence-corrected chi connectivity index (χ4v) is 3.25. The van der Waals surface area contributed by atoms with Gasteiger partial charge in [0.1, 0.15) is 11.5 Å². The molecule has 3 aromatic carbocycles. The van der Waals surface area contributed by atoms with Crippen LogP contribution in [-0.2, 0) is 11.2 Å². The molecule has 0 saturated carbocycles. The molecule has 0 aliphatic rings. The lowest BCUT2D eigenvalue weighted by Crippen LogP contribution is -2.24. The van der Waals surface area contributed by atoms with Crippen molar-refractivity contribution in [1.82, 2.24) is 5.43 Å². The third kappa shape index (κ3) is 7.20. The Kier molecular flexibility index (Phi) is 8.63. The summed E-state index contributed by atoms with van der Waals surface area (Å²) in [5.41, 5.74) is 4.26. The second-order valence-electron chi connectivity index (χ2n) is 6.77. The number of carbonyl (C=O) groups excluding carboxylic acids is 2. The van der Waals surface area contributed by atoms with E-state index in [4.69, 9.17) is 32.7 Å². The second kappa shape index (κ2) is 11.9. The molecule has 0 bridgehead atoms. The molecule has 0 atom stereocenters. The zero-order chi connectivity index (χ0) is 23.6. The van der Waals surface area contributed by atoms with Crippen LogP contribution in [0.3, 0.4) is 0 Å². The summed E-state index contributed by atoms with van der Waals surface area (Å²) in [5, 5.41) is 4.55. The number of para-hydroxylation sites is 1. The summed E-state index contributed by atoms with van der Waals surface area (Å²) in [4.78, 5) is 24.2. The van der Waals surface area contributed by atoms with Crippen LogP contribution < -0.4 is 14.9 Å². The van der Waals surface area contributed by atoms with E-state index in [0.717, 1.165) is 5.56 Å². The molecule has 33 heavy (non-hydrogen) atoms. The Morgan fingerprint density at radius 3 is 2.52 bits per heavy atom. The van der Waals surface area contributed by atoms with Crippen LogP contribution in [0.4, 0.5) is 0 Å². The lowest BCUT2D eigenvalue weighted by Gasteiger charge is -2.09. The number of carbonyl (C=O) groups is 2. The van der Waals surface area contributed by atoms with E-state index < -0.39 is 11.9 Å². The van der Waals surface area contributed by atoms with Crippen molar-refractivity contribution in [2.45, 2.75) is 6.42 Å². The predicted molar refractivity (Wildman–Crippen MR) is 129 cm³/mol. The number of allylic oxidation sites excluding steroid dienone is 1. The molecule has 1 amide bonds. The van der Waals surface area contributed by atoms with Crippen molar-refractivity contribution in [3.05, 3.63) is 106 Å². The van der Waals surface area contributed by atoms with E-state index in [1.54, 1.807) is 42.5 Å². The van der Waals surface area contributed by atoms with Crippen molar-refractivity contribution >= 4 is 41.3 Å². The van der Waals surface area contributed by atoms with Gasteiger partial charge in [-0.1, -0.05) is 47.5 Å². The molecule has 168 valence electrons. The van der Waals surface area contributed by atoms with Gasteiger partial charge in [-0.25, -0.2) is 10.2 Å². The van der Waals surface area contributed by atoms with Crippen molar-refractivity contribution in [2.75, 3.05) is 6.61 Å². The molecule has 3 rings (SSSR count). The van der Waals surface area contributed by atoms with Gasteiger partial charge in [0, 0.05) is 5.02 Å². The molecule has 1 N–H and O–H groups in total. The first kappa shape index (κ1) is 24.0. The molecule has 0 radical (unpaired) electrons. The highest BCUT2D eigenvalue weighted by Crippen LogP contribution is 2.23. The molecule has 0 unspecified atom stereocenters. The third-order valence-electron chi connectivity index (χ3n) is 4.34. The van der Waals surface area contributed by atoms with E-state index in [9.17, 15) is 9.59 Å². The Hall–Kier alpha value is -3.61. The summed E-state index contributed by atoms with van der Waals surface area (Å²) in [6, 6.07) is 18.5. The largest absolute Gasteiger partial charge is 0.483 e. The Bertz CT molecular complexity index is 1180. The molecule has 0 heterocycles. The lowest BCUT2D eigenvalue weighted by atomic mass is 10.1. The molecule has 6 nitrogen and oxygen atoms in total. The Morgan fingerprint density at radius 1 is 1.03 bits per heavy atom. The average Bonchev–Trinajstić information content (AvgIpc) is 2.80. The number of hydrazone groups is 1. The van der Waals surface area contributed by atoms with Gasteiger partial charge >= 0.3 is 5.97 Å². The van der Waals surface area contributed by atoms with E-state index in [0.29, 0.717) is 28.5 Å². The Morgan fingerprint density at radius 2 is 1.79 bits per heavy atom. The van der Waals surface area contributed by atoms with Crippen LogP contribution in [0.15, 0.2) is 84.5 Å². The van der Waals surface area contributed by atoms with Crippen LogP contribution in [0.1, 0.15) is 21.5 Å². The van der Waals surface area contributed by atoms with Gasteiger partial charge in [0.05, 0.1) is 16.8 Å². The first-order chi connectivity index (χ1) is 16.0.